The third kappa shape index (κ3) is 5.09. The molecule has 0 aromatic heterocycles. The molecule has 1 aromatic carbocycles. The Hall–Kier alpha value is -0.910. The molecular formula is C16H28N2O2S. The minimum atomic E-state index is -3.41. The normalized spacial score (nSPS) is 12.3. The Balaban J connectivity index is 2.93. The molecule has 1 rings (SSSR count). The fourth-order valence-electron chi connectivity index (χ4n) is 2.30. The van der Waals surface area contributed by atoms with Crippen LogP contribution in [0.4, 0.5) is 0 Å². The molecule has 0 spiro atoms. The van der Waals surface area contributed by atoms with Gasteiger partial charge in [0.05, 0.1) is 4.90 Å². The van der Waals surface area contributed by atoms with Crippen LogP contribution in [0.2, 0.25) is 0 Å². The predicted octanol–water partition coefficient (Wildman–Crippen LogP) is 2.78. The van der Waals surface area contributed by atoms with Crippen LogP contribution in [0.5, 0.6) is 0 Å². The lowest BCUT2D eigenvalue weighted by molar-refractivity contribution is 0.345. The molecule has 0 bridgehead atoms. The predicted molar refractivity (Wildman–Crippen MR) is 87.8 cm³/mol. The molecule has 0 radical (unpaired) electrons. The molecule has 0 aliphatic carbocycles. The van der Waals surface area contributed by atoms with Gasteiger partial charge in [0, 0.05) is 12.6 Å². The second-order valence-corrected chi connectivity index (χ2v) is 7.49. The Bertz CT molecular complexity index is 510. The second kappa shape index (κ2) is 8.51. The lowest BCUT2D eigenvalue weighted by atomic mass is 10.2. The third-order valence-electron chi connectivity index (χ3n) is 3.52. The van der Waals surface area contributed by atoms with E-state index in [4.69, 9.17) is 5.73 Å². The standard InChI is InChI=1S/C16H28N2O2S/c1-4-5-6-13-18(14(2)3)21(19,20)16-9-7-15(8-10-16)11-12-17/h7-10,14H,4-6,11-13,17H2,1-3H3. The maximum absolute atomic E-state index is 12.7. The topological polar surface area (TPSA) is 63.4 Å². The van der Waals surface area contributed by atoms with E-state index < -0.39 is 10.0 Å². The van der Waals surface area contributed by atoms with Crippen LogP contribution in [-0.4, -0.2) is 31.9 Å². The van der Waals surface area contributed by atoms with Gasteiger partial charge in [0.25, 0.3) is 0 Å². The van der Waals surface area contributed by atoms with Gasteiger partial charge in [-0.15, -0.1) is 0 Å². The summed E-state index contributed by atoms with van der Waals surface area (Å²) in [7, 11) is -3.41. The van der Waals surface area contributed by atoms with Crippen molar-refractivity contribution in [2.45, 2.75) is 57.4 Å². The van der Waals surface area contributed by atoms with Crippen molar-refractivity contribution in [2.24, 2.45) is 5.73 Å². The molecule has 0 heterocycles. The van der Waals surface area contributed by atoms with Crippen LogP contribution >= 0.6 is 0 Å². The zero-order valence-corrected chi connectivity index (χ0v) is 14.2. The van der Waals surface area contributed by atoms with Crippen LogP contribution in [0.3, 0.4) is 0 Å². The summed E-state index contributed by atoms with van der Waals surface area (Å²) in [5, 5.41) is 0. The van der Waals surface area contributed by atoms with Gasteiger partial charge < -0.3 is 5.73 Å². The summed E-state index contributed by atoms with van der Waals surface area (Å²) in [5.74, 6) is 0. The average molecular weight is 312 g/mol. The van der Waals surface area contributed by atoms with Gasteiger partial charge in [0.2, 0.25) is 10.0 Å². The van der Waals surface area contributed by atoms with E-state index in [1.165, 1.54) is 0 Å². The van der Waals surface area contributed by atoms with Crippen LogP contribution in [0.15, 0.2) is 29.2 Å². The zero-order valence-electron chi connectivity index (χ0n) is 13.4. The fraction of sp³-hybridized carbons (Fsp3) is 0.625. The number of sulfonamides is 1. The number of nitrogens with zero attached hydrogens (tertiary/aromatic N) is 1. The van der Waals surface area contributed by atoms with Crippen LogP contribution in [-0.2, 0) is 16.4 Å². The zero-order chi connectivity index (χ0) is 15.9. The van der Waals surface area contributed by atoms with E-state index >= 15 is 0 Å². The van der Waals surface area contributed by atoms with Crippen molar-refractivity contribution in [2.75, 3.05) is 13.1 Å². The fourth-order valence-corrected chi connectivity index (χ4v) is 3.98. The molecule has 5 heteroatoms. The molecule has 0 atom stereocenters. The van der Waals surface area contributed by atoms with Gasteiger partial charge >= 0.3 is 0 Å². The van der Waals surface area contributed by atoms with Crippen LogP contribution in [0.25, 0.3) is 0 Å². The van der Waals surface area contributed by atoms with Crippen LogP contribution in [0, 0.1) is 0 Å². The highest BCUT2D eigenvalue weighted by Crippen LogP contribution is 2.20. The summed E-state index contributed by atoms with van der Waals surface area (Å²) in [5.41, 5.74) is 6.58. The van der Waals surface area contributed by atoms with Crippen molar-refractivity contribution in [3.05, 3.63) is 29.8 Å². The summed E-state index contributed by atoms with van der Waals surface area (Å²) in [6.07, 6.45) is 3.80. The quantitative estimate of drug-likeness (QED) is 0.713. The summed E-state index contributed by atoms with van der Waals surface area (Å²) in [6.45, 7) is 7.11. The van der Waals surface area contributed by atoms with Crippen molar-refractivity contribution in [3.63, 3.8) is 0 Å². The molecule has 4 nitrogen and oxygen atoms in total. The van der Waals surface area contributed by atoms with Gasteiger partial charge in [0.15, 0.2) is 0 Å². The molecule has 0 amide bonds. The van der Waals surface area contributed by atoms with Crippen LogP contribution in [0.1, 0.15) is 45.6 Å². The molecule has 21 heavy (non-hydrogen) atoms. The Morgan fingerprint density at radius 1 is 1.14 bits per heavy atom. The van der Waals surface area contributed by atoms with Gasteiger partial charge in [0.1, 0.15) is 0 Å². The van der Waals surface area contributed by atoms with Crippen molar-refractivity contribution < 1.29 is 8.42 Å². The molecule has 2 N–H and O–H groups in total. The van der Waals surface area contributed by atoms with Crippen molar-refractivity contribution >= 4 is 10.0 Å². The molecule has 0 saturated heterocycles. The van der Waals surface area contributed by atoms with Crippen molar-refractivity contribution in [1.29, 1.82) is 0 Å². The van der Waals surface area contributed by atoms with E-state index in [1.807, 2.05) is 26.0 Å². The Morgan fingerprint density at radius 3 is 2.24 bits per heavy atom. The van der Waals surface area contributed by atoms with Crippen molar-refractivity contribution in [1.82, 2.24) is 4.31 Å². The lowest BCUT2D eigenvalue weighted by Crippen LogP contribution is -2.37. The number of nitrogens with two attached hydrogens (primary N) is 1. The number of unbranched alkanes of at least 4 members (excludes halogenated alkanes) is 2. The molecular weight excluding hydrogens is 284 g/mol. The number of rotatable bonds is 9. The molecule has 0 saturated carbocycles. The van der Waals surface area contributed by atoms with E-state index in [0.717, 1.165) is 31.2 Å². The maximum Gasteiger partial charge on any atom is 0.243 e. The van der Waals surface area contributed by atoms with E-state index in [0.29, 0.717) is 18.0 Å². The molecule has 1 aromatic rings. The SMILES string of the molecule is CCCCCN(C(C)C)S(=O)(=O)c1ccc(CCN)cc1. The van der Waals surface area contributed by atoms with Crippen LogP contribution < -0.4 is 5.73 Å². The minimum absolute atomic E-state index is 0.0319. The molecule has 0 unspecified atom stereocenters. The third-order valence-corrected chi connectivity index (χ3v) is 5.61. The first-order chi connectivity index (χ1) is 9.93. The van der Waals surface area contributed by atoms with Gasteiger partial charge in [-0.1, -0.05) is 31.9 Å². The Morgan fingerprint density at radius 2 is 1.76 bits per heavy atom. The molecule has 0 fully saturated rings. The summed E-state index contributed by atoms with van der Waals surface area (Å²) in [4.78, 5) is 0.369. The first-order valence-corrected chi connectivity index (χ1v) is 9.18. The highest BCUT2D eigenvalue weighted by atomic mass is 32.2. The number of hydrogen-bond donors (Lipinski definition) is 1. The second-order valence-electron chi connectivity index (χ2n) is 5.60. The summed E-state index contributed by atoms with van der Waals surface area (Å²) in [6, 6.07) is 7.05. The highest BCUT2D eigenvalue weighted by molar-refractivity contribution is 7.89. The first kappa shape index (κ1) is 18.1. The molecule has 120 valence electrons. The molecule has 0 aliphatic rings. The number of benzene rings is 1. The highest BCUT2D eigenvalue weighted by Gasteiger charge is 2.26. The molecule has 0 aliphatic heterocycles. The van der Waals surface area contributed by atoms with Gasteiger partial charge in [-0.25, -0.2) is 8.42 Å². The lowest BCUT2D eigenvalue weighted by Gasteiger charge is -2.26. The first-order valence-electron chi connectivity index (χ1n) is 7.74. The minimum Gasteiger partial charge on any atom is -0.330 e. The van der Waals surface area contributed by atoms with E-state index in [9.17, 15) is 8.42 Å². The summed E-state index contributed by atoms with van der Waals surface area (Å²) < 4.78 is 27.1. The average Bonchev–Trinajstić information content (AvgIpc) is 2.44. The van der Waals surface area contributed by atoms with E-state index in [2.05, 4.69) is 6.92 Å². The van der Waals surface area contributed by atoms with Crippen molar-refractivity contribution in [3.8, 4) is 0 Å². The number of hydrogen-bond acceptors (Lipinski definition) is 3. The van der Waals surface area contributed by atoms with Gasteiger partial charge in [-0.05, 0) is 50.9 Å². The Labute approximate surface area is 129 Å². The van der Waals surface area contributed by atoms with Gasteiger partial charge in [-0.3, -0.25) is 0 Å². The van der Waals surface area contributed by atoms with E-state index in [1.54, 1.807) is 16.4 Å². The largest absolute Gasteiger partial charge is 0.330 e. The monoisotopic (exact) mass is 312 g/mol. The smallest absolute Gasteiger partial charge is 0.243 e. The maximum atomic E-state index is 12.7. The van der Waals surface area contributed by atoms with E-state index in [-0.39, 0.29) is 6.04 Å². The Kier molecular flexibility index (Phi) is 7.35. The van der Waals surface area contributed by atoms with Gasteiger partial charge in [-0.2, -0.15) is 4.31 Å². The summed E-state index contributed by atoms with van der Waals surface area (Å²) >= 11 is 0.